The van der Waals surface area contributed by atoms with E-state index in [1.807, 2.05) is 4.68 Å². The molecule has 1 unspecified atom stereocenters. The van der Waals surface area contributed by atoms with Crippen LogP contribution in [0.5, 0.6) is 0 Å². The molecule has 0 fully saturated rings. The number of nitrogens with zero attached hydrogens (tertiary/aromatic N) is 2. The molecule has 20 heavy (non-hydrogen) atoms. The highest BCUT2D eigenvalue weighted by molar-refractivity contribution is 7.99. The molecule has 0 radical (unpaired) electrons. The minimum Gasteiger partial charge on any atom is -0.322 e. The number of nitrogens with two attached hydrogens (primary N) is 1. The van der Waals surface area contributed by atoms with E-state index < -0.39 is 0 Å². The third-order valence-electron chi connectivity index (χ3n) is 3.08. The first-order chi connectivity index (χ1) is 9.49. The van der Waals surface area contributed by atoms with Crippen molar-refractivity contribution >= 4 is 23.4 Å². The van der Waals surface area contributed by atoms with Crippen molar-refractivity contribution in [3.63, 3.8) is 0 Å². The Morgan fingerprint density at radius 3 is 2.55 bits per heavy atom. The number of benzene rings is 1. The zero-order valence-corrected chi connectivity index (χ0v) is 13.6. The summed E-state index contributed by atoms with van der Waals surface area (Å²) >= 11 is 7.95. The summed E-state index contributed by atoms with van der Waals surface area (Å²) < 4.78 is 1.91. The minimum absolute atomic E-state index is 0.126. The van der Waals surface area contributed by atoms with Gasteiger partial charge in [-0.3, -0.25) is 4.68 Å². The van der Waals surface area contributed by atoms with Gasteiger partial charge in [-0.25, -0.2) is 0 Å². The summed E-state index contributed by atoms with van der Waals surface area (Å²) in [5.74, 6) is 0.779. The van der Waals surface area contributed by atoms with E-state index in [4.69, 9.17) is 17.3 Å². The monoisotopic (exact) mass is 309 g/mol. The fourth-order valence-electron chi connectivity index (χ4n) is 2.01. The average Bonchev–Trinajstić information content (AvgIpc) is 2.80. The number of hydrogen-bond donors (Lipinski definition) is 1. The Labute approximate surface area is 129 Å². The van der Waals surface area contributed by atoms with Crippen LogP contribution in [0.4, 0.5) is 0 Å². The molecule has 0 spiro atoms. The van der Waals surface area contributed by atoms with Crippen molar-refractivity contribution in [2.24, 2.45) is 5.73 Å². The fourth-order valence-corrected chi connectivity index (χ4v) is 3.14. The van der Waals surface area contributed by atoms with Crippen LogP contribution in [0.25, 0.3) is 0 Å². The lowest BCUT2D eigenvalue weighted by molar-refractivity contribution is 0.495. The number of rotatable bonds is 5. The summed E-state index contributed by atoms with van der Waals surface area (Å²) in [7, 11) is 0. The highest BCUT2D eigenvalue weighted by atomic mass is 35.5. The van der Waals surface area contributed by atoms with Gasteiger partial charge >= 0.3 is 0 Å². The molecule has 0 bridgehead atoms. The van der Waals surface area contributed by atoms with E-state index in [9.17, 15) is 0 Å². The van der Waals surface area contributed by atoms with E-state index in [2.05, 4.69) is 50.1 Å². The van der Waals surface area contributed by atoms with Crippen molar-refractivity contribution in [1.82, 2.24) is 9.78 Å². The minimum atomic E-state index is -0.126. The van der Waals surface area contributed by atoms with Gasteiger partial charge in [0.1, 0.15) is 0 Å². The van der Waals surface area contributed by atoms with Crippen LogP contribution < -0.4 is 5.73 Å². The first-order valence-electron chi connectivity index (χ1n) is 6.67. The van der Waals surface area contributed by atoms with Gasteiger partial charge in [0.15, 0.2) is 0 Å². The maximum Gasteiger partial charge on any atom is 0.0834 e. The molecular formula is C15H20ClN3S. The van der Waals surface area contributed by atoms with Gasteiger partial charge in [-0.05, 0) is 32.9 Å². The van der Waals surface area contributed by atoms with E-state index in [0.717, 1.165) is 11.4 Å². The van der Waals surface area contributed by atoms with Crippen LogP contribution >= 0.6 is 23.4 Å². The van der Waals surface area contributed by atoms with E-state index in [0.29, 0.717) is 5.02 Å². The highest BCUT2D eigenvalue weighted by Gasteiger charge is 2.18. The molecule has 0 aliphatic heterocycles. The van der Waals surface area contributed by atoms with Crippen molar-refractivity contribution in [1.29, 1.82) is 0 Å². The molecular weight excluding hydrogens is 290 g/mol. The second-order valence-corrected chi connectivity index (χ2v) is 6.65. The number of aryl methyl sites for hydroxylation is 1. The standard InChI is InChI=1S/C15H20ClN3S/c1-10(2)19-15(13(16)8-18-19)14(17)9-20-12-6-4-11(3)5-7-12/h4-8,10,14H,9,17H2,1-3H3. The van der Waals surface area contributed by atoms with E-state index in [1.54, 1.807) is 18.0 Å². The van der Waals surface area contributed by atoms with Crippen LogP contribution in [0.3, 0.4) is 0 Å². The van der Waals surface area contributed by atoms with Crippen LogP contribution in [0.15, 0.2) is 35.4 Å². The SMILES string of the molecule is Cc1ccc(SCC(N)c2c(Cl)cnn2C(C)C)cc1. The van der Waals surface area contributed by atoms with Crippen LogP contribution in [-0.4, -0.2) is 15.5 Å². The molecule has 1 heterocycles. The molecule has 1 aromatic carbocycles. The highest BCUT2D eigenvalue weighted by Crippen LogP contribution is 2.29. The van der Waals surface area contributed by atoms with Gasteiger partial charge in [0, 0.05) is 16.7 Å². The zero-order valence-electron chi connectivity index (χ0n) is 12.0. The second-order valence-electron chi connectivity index (χ2n) is 5.15. The summed E-state index contributed by atoms with van der Waals surface area (Å²) in [5, 5.41) is 4.95. The first kappa shape index (κ1) is 15.4. The number of aromatic nitrogens is 2. The molecule has 108 valence electrons. The lowest BCUT2D eigenvalue weighted by Gasteiger charge is -2.17. The van der Waals surface area contributed by atoms with Gasteiger partial charge in [-0.15, -0.1) is 11.8 Å². The number of thioether (sulfide) groups is 1. The molecule has 2 rings (SSSR count). The zero-order chi connectivity index (χ0) is 14.7. The van der Waals surface area contributed by atoms with Crippen LogP contribution in [0.1, 0.15) is 37.2 Å². The van der Waals surface area contributed by atoms with Crippen molar-refractivity contribution in [2.75, 3.05) is 5.75 Å². The Balaban J connectivity index is 2.07. The molecule has 3 nitrogen and oxygen atoms in total. The van der Waals surface area contributed by atoms with Crippen molar-refractivity contribution < 1.29 is 0 Å². The molecule has 1 aromatic heterocycles. The average molecular weight is 310 g/mol. The van der Waals surface area contributed by atoms with Crippen molar-refractivity contribution in [3.8, 4) is 0 Å². The molecule has 5 heteroatoms. The van der Waals surface area contributed by atoms with Gasteiger partial charge in [0.25, 0.3) is 0 Å². The fraction of sp³-hybridized carbons (Fsp3) is 0.400. The summed E-state index contributed by atoms with van der Waals surface area (Å²) in [6.45, 7) is 6.24. The summed E-state index contributed by atoms with van der Waals surface area (Å²) in [6.07, 6.45) is 1.67. The second kappa shape index (κ2) is 6.66. The normalized spacial score (nSPS) is 12.9. The smallest absolute Gasteiger partial charge is 0.0834 e. The van der Waals surface area contributed by atoms with Gasteiger partial charge in [0.2, 0.25) is 0 Å². The van der Waals surface area contributed by atoms with Crippen molar-refractivity contribution in [2.45, 2.75) is 37.8 Å². The topological polar surface area (TPSA) is 43.8 Å². The molecule has 0 amide bonds. The molecule has 0 saturated heterocycles. The summed E-state index contributed by atoms with van der Waals surface area (Å²) in [4.78, 5) is 1.22. The van der Waals surface area contributed by atoms with E-state index in [1.165, 1.54) is 10.5 Å². The van der Waals surface area contributed by atoms with Gasteiger partial charge in [-0.2, -0.15) is 5.10 Å². The Morgan fingerprint density at radius 2 is 1.95 bits per heavy atom. The molecule has 2 N–H and O–H groups in total. The molecule has 2 aromatic rings. The number of hydrogen-bond acceptors (Lipinski definition) is 3. The predicted octanol–water partition coefficient (Wildman–Crippen LogP) is 4.22. The van der Waals surface area contributed by atoms with Crippen LogP contribution in [-0.2, 0) is 0 Å². The third-order valence-corrected chi connectivity index (χ3v) is 4.50. The maximum absolute atomic E-state index is 6.29. The first-order valence-corrected chi connectivity index (χ1v) is 8.03. The Hall–Kier alpha value is -0.970. The van der Waals surface area contributed by atoms with Crippen LogP contribution in [0.2, 0.25) is 5.02 Å². The molecule has 0 saturated carbocycles. The molecule has 0 aliphatic rings. The summed E-state index contributed by atoms with van der Waals surface area (Å²) in [5.41, 5.74) is 8.47. The number of halogens is 1. The van der Waals surface area contributed by atoms with Gasteiger partial charge in [0.05, 0.1) is 23.0 Å². The Morgan fingerprint density at radius 1 is 1.30 bits per heavy atom. The lowest BCUT2D eigenvalue weighted by atomic mass is 10.2. The third kappa shape index (κ3) is 3.57. The van der Waals surface area contributed by atoms with Gasteiger partial charge in [-0.1, -0.05) is 29.3 Å². The largest absolute Gasteiger partial charge is 0.322 e. The van der Waals surface area contributed by atoms with Gasteiger partial charge < -0.3 is 5.73 Å². The Bertz CT molecular complexity index is 563. The van der Waals surface area contributed by atoms with Crippen molar-refractivity contribution in [3.05, 3.63) is 46.7 Å². The van der Waals surface area contributed by atoms with E-state index >= 15 is 0 Å². The van der Waals surface area contributed by atoms with E-state index in [-0.39, 0.29) is 12.1 Å². The maximum atomic E-state index is 6.29. The van der Waals surface area contributed by atoms with Crippen LogP contribution in [0, 0.1) is 6.92 Å². The predicted molar refractivity (Wildman–Crippen MR) is 86.5 cm³/mol. The molecule has 1 atom stereocenters. The lowest BCUT2D eigenvalue weighted by Crippen LogP contribution is -2.20. The Kier molecular flexibility index (Phi) is 5.13. The summed E-state index contributed by atoms with van der Waals surface area (Å²) in [6, 6.07) is 8.59. The molecule has 0 aliphatic carbocycles. The quantitative estimate of drug-likeness (QED) is 0.841.